The summed E-state index contributed by atoms with van der Waals surface area (Å²) in [6.45, 7) is 6.56. The van der Waals surface area contributed by atoms with Crippen molar-refractivity contribution >= 4 is 11.6 Å². The first-order chi connectivity index (χ1) is 8.86. The van der Waals surface area contributed by atoms with Crippen molar-refractivity contribution in [2.24, 2.45) is 16.7 Å². The Hall–Kier alpha value is -1.44. The van der Waals surface area contributed by atoms with Gasteiger partial charge in [-0.05, 0) is 47.5 Å². The lowest BCUT2D eigenvalue weighted by atomic mass is 9.70. The number of ketones is 2. The summed E-state index contributed by atoms with van der Waals surface area (Å²) in [6, 6.07) is 0. The molecule has 0 aromatic carbocycles. The van der Waals surface area contributed by atoms with E-state index in [2.05, 4.69) is 20.8 Å². The van der Waals surface area contributed by atoms with E-state index in [1.165, 1.54) is 0 Å². The lowest BCUT2D eigenvalue weighted by molar-refractivity contribution is -0.125. The fourth-order valence-electron chi connectivity index (χ4n) is 3.92. The van der Waals surface area contributed by atoms with Crippen LogP contribution in [0, 0.1) is 16.7 Å². The van der Waals surface area contributed by atoms with Gasteiger partial charge in [-0.25, -0.2) is 0 Å². The summed E-state index contributed by atoms with van der Waals surface area (Å²) >= 11 is 0. The Morgan fingerprint density at radius 2 is 1.95 bits per heavy atom. The lowest BCUT2D eigenvalue weighted by Gasteiger charge is -2.31. The monoisotopic (exact) mass is 256 g/mol. The van der Waals surface area contributed by atoms with Crippen LogP contribution in [0.2, 0.25) is 0 Å². The molecule has 2 atom stereocenters. The molecule has 0 N–H and O–H groups in total. The first kappa shape index (κ1) is 12.6. The van der Waals surface area contributed by atoms with E-state index in [-0.39, 0.29) is 16.6 Å². The second-order valence-corrected chi connectivity index (χ2v) is 6.78. The highest BCUT2D eigenvalue weighted by molar-refractivity contribution is 6.05. The molecule has 0 spiro atoms. The van der Waals surface area contributed by atoms with Crippen LogP contribution in [0.1, 0.15) is 40.0 Å². The zero-order valence-corrected chi connectivity index (χ0v) is 11.8. The first-order valence-corrected chi connectivity index (χ1v) is 7.04. The summed E-state index contributed by atoms with van der Waals surface area (Å²) < 4.78 is 0. The van der Waals surface area contributed by atoms with Crippen LogP contribution >= 0.6 is 0 Å². The van der Waals surface area contributed by atoms with Gasteiger partial charge in [-0.15, -0.1) is 0 Å². The van der Waals surface area contributed by atoms with Gasteiger partial charge in [0.1, 0.15) is 0 Å². The van der Waals surface area contributed by atoms with Gasteiger partial charge in [0.15, 0.2) is 11.6 Å². The first-order valence-electron chi connectivity index (χ1n) is 7.04. The third kappa shape index (κ3) is 1.55. The maximum absolute atomic E-state index is 12.7. The standard InChI is InChI=1S/C17H20O2/c1-16(2)14-8-9-17(16,3)15(19)13(14)10-11-4-6-12(18)7-5-11/h4-6,10,14H,7-9H2,1-3H3. The van der Waals surface area contributed by atoms with Crippen molar-refractivity contribution in [3.63, 3.8) is 0 Å². The quantitative estimate of drug-likeness (QED) is 0.674. The van der Waals surface area contributed by atoms with Crippen LogP contribution in [0.25, 0.3) is 0 Å². The van der Waals surface area contributed by atoms with Crippen molar-refractivity contribution in [3.05, 3.63) is 35.5 Å². The van der Waals surface area contributed by atoms with Crippen LogP contribution in [-0.4, -0.2) is 11.6 Å². The Bertz CT molecular complexity index is 560. The van der Waals surface area contributed by atoms with Crippen LogP contribution in [0.5, 0.6) is 0 Å². The number of fused-ring (bicyclic) bond motifs is 2. The summed E-state index contributed by atoms with van der Waals surface area (Å²) in [4.78, 5) is 23.8. The maximum Gasteiger partial charge on any atom is 0.165 e. The Labute approximate surface area is 114 Å². The molecule has 0 amide bonds. The van der Waals surface area contributed by atoms with Crippen molar-refractivity contribution in [2.75, 3.05) is 0 Å². The van der Waals surface area contributed by atoms with Gasteiger partial charge in [0, 0.05) is 11.8 Å². The molecule has 100 valence electrons. The predicted octanol–water partition coefficient (Wildman–Crippen LogP) is 3.39. The molecular weight excluding hydrogens is 236 g/mol. The normalized spacial score (nSPS) is 38.2. The van der Waals surface area contributed by atoms with Crippen molar-refractivity contribution in [1.82, 2.24) is 0 Å². The Morgan fingerprint density at radius 1 is 1.21 bits per heavy atom. The van der Waals surface area contributed by atoms with E-state index in [0.29, 0.717) is 18.1 Å². The molecule has 0 radical (unpaired) electrons. The molecule has 0 aromatic heterocycles. The average molecular weight is 256 g/mol. The number of Topliss-reactive ketones (excluding diaryl/α,β-unsaturated/α-hetero) is 1. The molecule has 2 heteroatoms. The predicted molar refractivity (Wildman–Crippen MR) is 74.5 cm³/mol. The van der Waals surface area contributed by atoms with E-state index in [0.717, 1.165) is 24.0 Å². The van der Waals surface area contributed by atoms with Crippen molar-refractivity contribution in [3.8, 4) is 0 Å². The van der Waals surface area contributed by atoms with E-state index < -0.39 is 0 Å². The van der Waals surface area contributed by atoms with Crippen LogP contribution in [-0.2, 0) is 9.59 Å². The summed E-state index contributed by atoms with van der Waals surface area (Å²) in [5, 5.41) is 0. The molecule has 0 aromatic rings. The van der Waals surface area contributed by atoms with E-state index in [4.69, 9.17) is 0 Å². The largest absolute Gasteiger partial charge is 0.295 e. The summed E-state index contributed by atoms with van der Waals surface area (Å²) in [6.07, 6.45) is 9.94. The van der Waals surface area contributed by atoms with E-state index in [1.54, 1.807) is 6.08 Å². The molecule has 0 aliphatic heterocycles. The van der Waals surface area contributed by atoms with Gasteiger partial charge in [0.2, 0.25) is 0 Å². The number of hydrogen-bond donors (Lipinski definition) is 0. The fourth-order valence-corrected chi connectivity index (χ4v) is 3.92. The van der Waals surface area contributed by atoms with Crippen LogP contribution < -0.4 is 0 Å². The minimum atomic E-state index is -0.196. The van der Waals surface area contributed by atoms with Crippen molar-refractivity contribution < 1.29 is 9.59 Å². The molecule has 2 nitrogen and oxygen atoms in total. The van der Waals surface area contributed by atoms with E-state index in [9.17, 15) is 9.59 Å². The highest BCUT2D eigenvalue weighted by atomic mass is 16.1. The van der Waals surface area contributed by atoms with Gasteiger partial charge >= 0.3 is 0 Å². The minimum absolute atomic E-state index is 0.0602. The second-order valence-electron chi connectivity index (χ2n) is 6.78. The molecule has 3 aliphatic rings. The Kier molecular flexibility index (Phi) is 2.51. The number of allylic oxidation sites excluding steroid dienone is 6. The summed E-state index contributed by atoms with van der Waals surface area (Å²) in [7, 11) is 0. The fraction of sp³-hybridized carbons (Fsp3) is 0.529. The van der Waals surface area contributed by atoms with Gasteiger partial charge in [0.05, 0.1) is 0 Å². The van der Waals surface area contributed by atoms with E-state index >= 15 is 0 Å². The molecule has 0 heterocycles. The molecule has 2 unspecified atom stereocenters. The maximum atomic E-state index is 12.7. The van der Waals surface area contributed by atoms with E-state index in [1.807, 2.05) is 18.2 Å². The molecule has 3 aliphatic carbocycles. The van der Waals surface area contributed by atoms with Gasteiger partial charge in [-0.2, -0.15) is 0 Å². The molecule has 2 fully saturated rings. The third-order valence-electron chi connectivity index (χ3n) is 5.69. The molecular formula is C17H20O2. The SMILES string of the molecule is CC12CCC(C(=CC3=CCC(=O)C=C3)C1=O)C2(C)C. The van der Waals surface area contributed by atoms with Gasteiger partial charge < -0.3 is 0 Å². The highest BCUT2D eigenvalue weighted by Crippen LogP contribution is 2.65. The summed E-state index contributed by atoms with van der Waals surface area (Å²) in [5.74, 6) is 0.825. The smallest absolute Gasteiger partial charge is 0.165 e. The third-order valence-corrected chi connectivity index (χ3v) is 5.69. The molecule has 2 saturated carbocycles. The number of hydrogen-bond acceptors (Lipinski definition) is 2. The Morgan fingerprint density at radius 3 is 2.47 bits per heavy atom. The van der Waals surface area contributed by atoms with Gasteiger partial charge in [-0.1, -0.05) is 32.9 Å². The topological polar surface area (TPSA) is 34.1 Å². The number of carbonyl (C=O) groups is 2. The van der Waals surface area contributed by atoms with Crippen LogP contribution in [0.3, 0.4) is 0 Å². The number of carbonyl (C=O) groups excluding carboxylic acids is 2. The lowest BCUT2D eigenvalue weighted by Crippen LogP contribution is -2.32. The van der Waals surface area contributed by atoms with Gasteiger partial charge in [-0.3, -0.25) is 9.59 Å². The second kappa shape index (κ2) is 3.78. The molecule has 3 rings (SSSR count). The average Bonchev–Trinajstić information content (AvgIpc) is 2.66. The zero-order chi connectivity index (χ0) is 13.8. The molecule has 19 heavy (non-hydrogen) atoms. The zero-order valence-electron chi connectivity index (χ0n) is 11.8. The van der Waals surface area contributed by atoms with Crippen LogP contribution in [0.15, 0.2) is 35.5 Å². The number of rotatable bonds is 1. The molecule has 2 bridgehead atoms. The highest BCUT2D eigenvalue weighted by Gasteiger charge is 2.63. The van der Waals surface area contributed by atoms with Crippen LogP contribution in [0.4, 0.5) is 0 Å². The summed E-state index contributed by atoms with van der Waals surface area (Å²) in [5.41, 5.74) is 1.85. The molecule has 0 saturated heterocycles. The minimum Gasteiger partial charge on any atom is -0.295 e. The van der Waals surface area contributed by atoms with Gasteiger partial charge in [0.25, 0.3) is 0 Å². The van der Waals surface area contributed by atoms with Crippen molar-refractivity contribution in [2.45, 2.75) is 40.0 Å². The Balaban J connectivity index is 1.98. The van der Waals surface area contributed by atoms with Crippen molar-refractivity contribution in [1.29, 1.82) is 0 Å².